The molecule has 30 heavy (non-hydrogen) atoms. The van der Waals surface area contributed by atoms with Crippen LogP contribution in [0.4, 0.5) is 0 Å². The quantitative estimate of drug-likeness (QED) is 0.728. The molecule has 5 rings (SSSR count). The van der Waals surface area contributed by atoms with Crippen molar-refractivity contribution in [2.45, 2.75) is 97.1 Å². The summed E-state index contributed by atoms with van der Waals surface area (Å²) in [5, 5.41) is 11.1. The Hall–Kier alpha value is -1.16. The number of fused-ring (bicyclic) bond motifs is 5. The van der Waals surface area contributed by atoms with Gasteiger partial charge in [0.1, 0.15) is 1.37 Å². The third-order valence-electron chi connectivity index (χ3n) is 10.3. The molecule has 4 heteroatoms. The van der Waals surface area contributed by atoms with Crippen molar-refractivity contribution < 1.29 is 16.8 Å². The van der Waals surface area contributed by atoms with Crippen molar-refractivity contribution in [3.05, 3.63) is 18.6 Å². The molecule has 0 saturated heterocycles. The van der Waals surface area contributed by atoms with E-state index in [-0.39, 0.29) is 47.7 Å². The van der Waals surface area contributed by atoms with E-state index in [2.05, 4.69) is 18.8 Å². The molecule has 4 aliphatic rings. The van der Waals surface area contributed by atoms with Crippen LogP contribution in [0.15, 0.2) is 18.6 Å². The van der Waals surface area contributed by atoms with Crippen molar-refractivity contribution in [2.24, 2.45) is 40.4 Å². The Balaban J connectivity index is 1.34. The zero-order valence-corrected chi connectivity index (χ0v) is 18.7. The summed E-state index contributed by atoms with van der Waals surface area (Å²) in [4.78, 5) is 17.2. The van der Waals surface area contributed by atoms with Crippen LogP contribution in [-0.4, -0.2) is 26.0 Å². The lowest BCUT2D eigenvalue weighted by molar-refractivity contribution is -0.154. The molecule has 4 saturated carbocycles. The predicted octanol–water partition coefficient (Wildman–Crippen LogP) is 5.25. The van der Waals surface area contributed by atoms with Crippen molar-refractivity contribution in [3.8, 4) is 0 Å². The van der Waals surface area contributed by atoms with Gasteiger partial charge in [-0.15, -0.1) is 0 Å². The van der Waals surface area contributed by atoms with Crippen LogP contribution in [0.2, 0.25) is 0 Å². The highest BCUT2D eigenvalue weighted by atomic mass is 16.3. The molecule has 1 heterocycles. The molecular weight excluding hydrogens is 372 g/mol. The van der Waals surface area contributed by atoms with Crippen LogP contribution >= 0.6 is 0 Å². The monoisotopic (exact) mass is 417 g/mol. The molecule has 4 fully saturated rings. The van der Waals surface area contributed by atoms with Crippen LogP contribution < -0.4 is 0 Å². The van der Waals surface area contributed by atoms with Gasteiger partial charge in [0.15, 0.2) is 5.78 Å². The van der Waals surface area contributed by atoms with Gasteiger partial charge in [-0.2, -0.15) is 0 Å². The maximum absolute atomic E-state index is 13.5. The number of Topliss-reactive ketones (excluding diaryl/α,β-unsaturated/α-hetero) is 1. The molecule has 4 aliphatic carbocycles. The Bertz CT molecular complexity index is 1020. The third kappa shape index (κ3) is 3.04. The maximum Gasteiger partial charge on any atom is 0.156 e. The molecule has 0 unspecified atom stereocenters. The van der Waals surface area contributed by atoms with E-state index in [4.69, 9.17) is 6.85 Å². The molecule has 0 bridgehead atoms. The molecule has 1 N–H and O–H groups in total. The molecule has 1 aromatic heterocycles. The van der Waals surface area contributed by atoms with Gasteiger partial charge in [-0.05, 0) is 98.7 Å². The minimum atomic E-state index is -1.59. The van der Waals surface area contributed by atoms with Crippen molar-refractivity contribution in [1.29, 1.82) is 0 Å². The average molecular weight is 418 g/mol. The number of carbonyl (C=O) groups excluding carboxylic acids is 1. The molecule has 0 spiro atoms. The summed E-state index contributed by atoms with van der Waals surface area (Å²) in [6.45, 7) is 6.16. The molecule has 0 aromatic carbocycles. The molecule has 0 aliphatic heterocycles. The first-order chi connectivity index (χ1) is 16.2. The van der Waals surface area contributed by atoms with Crippen molar-refractivity contribution >= 4 is 5.78 Å². The number of imidazole rings is 1. The van der Waals surface area contributed by atoms with Crippen LogP contribution in [0, 0.1) is 40.4 Å². The van der Waals surface area contributed by atoms with Crippen LogP contribution in [-0.2, 0) is 11.3 Å². The summed E-state index contributed by atoms with van der Waals surface area (Å²) in [6.07, 6.45) is 5.80. The lowest BCUT2D eigenvalue weighted by Crippen LogP contribution is -2.56. The van der Waals surface area contributed by atoms with E-state index in [1.54, 1.807) is 0 Å². The van der Waals surface area contributed by atoms with Crippen LogP contribution in [0.3, 0.4) is 0 Å². The largest absolute Gasteiger partial charge is 0.390 e. The molecule has 1 aromatic rings. The Kier molecular flexibility index (Phi) is 3.74. The van der Waals surface area contributed by atoms with E-state index in [0.717, 1.165) is 44.9 Å². The predicted molar refractivity (Wildman–Crippen MR) is 118 cm³/mol. The Morgan fingerprint density at radius 2 is 1.97 bits per heavy atom. The van der Waals surface area contributed by atoms with Gasteiger partial charge < -0.3 is 9.67 Å². The number of rotatable bonds is 4. The van der Waals surface area contributed by atoms with Crippen LogP contribution in [0.25, 0.3) is 0 Å². The van der Waals surface area contributed by atoms with Crippen molar-refractivity contribution in [2.75, 3.05) is 0 Å². The first-order valence-electron chi connectivity index (χ1n) is 14.5. The first kappa shape index (κ1) is 15.6. The van der Waals surface area contributed by atoms with Crippen molar-refractivity contribution in [3.63, 3.8) is 0 Å². The number of carbonyl (C=O) groups is 1. The number of nitrogens with zero attached hydrogens (tertiary/aromatic N) is 2. The molecule has 8 atom stereocenters. The first-order valence-corrected chi connectivity index (χ1v) is 12.0. The van der Waals surface area contributed by atoms with Gasteiger partial charge in [0.05, 0.1) is 21.2 Å². The summed E-state index contributed by atoms with van der Waals surface area (Å²) in [5.74, 6) is 1.92. The number of aliphatic hydroxyl groups is 1. The van der Waals surface area contributed by atoms with Crippen LogP contribution in [0.5, 0.6) is 0 Å². The SMILES string of the molecule is [2H]c1nc([2H])n(CC(=O)[C@H]2CC[C@H]3[C@@H]4CC[C@H]5C[C@@](O)(C([2H])([2H])C)CC[C@]5(C)[C@H]4CC[C@]23C)c1[2H]. The molecule has 4 nitrogen and oxygen atoms in total. The second kappa shape index (κ2) is 7.18. The van der Waals surface area contributed by atoms with Gasteiger partial charge in [-0.1, -0.05) is 20.8 Å². The Morgan fingerprint density at radius 1 is 1.17 bits per heavy atom. The molecular formula is C26H40N2O2. The fourth-order valence-corrected chi connectivity index (χ4v) is 8.54. The number of aromatic nitrogens is 2. The van der Waals surface area contributed by atoms with Crippen LogP contribution in [0.1, 0.15) is 91.8 Å². The molecule has 0 radical (unpaired) electrons. The van der Waals surface area contributed by atoms with Gasteiger partial charge in [-0.25, -0.2) is 4.98 Å². The second-order valence-corrected chi connectivity index (χ2v) is 11.3. The second-order valence-electron chi connectivity index (χ2n) is 11.3. The average Bonchev–Trinajstić information content (AvgIpc) is 3.24. The third-order valence-corrected chi connectivity index (χ3v) is 10.3. The summed E-state index contributed by atoms with van der Waals surface area (Å²) >= 11 is 0. The van der Waals surface area contributed by atoms with Gasteiger partial charge in [-0.3, -0.25) is 4.79 Å². The van der Waals surface area contributed by atoms with E-state index >= 15 is 0 Å². The van der Waals surface area contributed by atoms with E-state index in [1.807, 2.05) is 0 Å². The zero-order chi connectivity index (χ0) is 25.6. The topological polar surface area (TPSA) is 55.1 Å². The highest BCUT2D eigenvalue weighted by molar-refractivity contribution is 5.82. The molecule has 0 amide bonds. The number of hydrogen-bond acceptors (Lipinski definition) is 3. The van der Waals surface area contributed by atoms with E-state index in [0.29, 0.717) is 36.5 Å². The lowest BCUT2D eigenvalue weighted by atomic mass is 9.43. The van der Waals surface area contributed by atoms with E-state index in [9.17, 15) is 9.90 Å². The zero-order valence-electron chi connectivity index (χ0n) is 23.7. The molecule has 166 valence electrons. The number of ketones is 1. The van der Waals surface area contributed by atoms with Gasteiger partial charge in [0.25, 0.3) is 0 Å². The summed E-state index contributed by atoms with van der Waals surface area (Å²) in [6, 6.07) is 0. The van der Waals surface area contributed by atoms with Gasteiger partial charge in [0, 0.05) is 21.0 Å². The maximum atomic E-state index is 13.5. The standard InChI is InChI=1S/C26H40N2O2/c1-4-26(30)12-11-24(2)18(15-26)5-6-19-20-7-8-22(25(20,3)10-9-21(19)24)23(29)16-28-14-13-27-17-28/h13-14,17-22,30H,4-12,15-16H2,1-3H3/t18-,19-,20-,21-,22+,24-,25-,26+/m0/s1/i4D2,13D,14D,17D. The summed E-state index contributed by atoms with van der Waals surface area (Å²) in [5.41, 5.74) is -1.20. The lowest BCUT2D eigenvalue weighted by Gasteiger charge is -2.62. The smallest absolute Gasteiger partial charge is 0.156 e. The summed E-state index contributed by atoms with van der Waals surface area (Å²) < 4.78 is 41.3. The Morgan fingerprint density at radius 3 is 2.70 bits per heavy atom. The Labute approximate surface area is 188 Å². The highest BCUT2D eigenvalue weighted by Gasteiger charge is 2.61. The normalized spacial score (nSPS) is 50.8. The highest BCUT2D eigenvalue weighted by Crippen LogP contribution is 2.68. The number of hydrogen-bond donors (Lipinski definition) is 1. The van der Waals surface area contributed by atoms with Gasteiger partial charge >= 0.3 is 0 Å². The minimum absolute atomic E-state index is 0.0397. The summed E-state index contributed by atoms with van der Waals surface area (Å²) in [7, 11) is 0. The van der Waals surface area contributed by atoms with Crippen molar-refractivity contribution in [1.82, 2.24) is 9.55 Å². The fourth-order valence-electron chi connectivity index (χ4n) is 8.54. The van der Waals surface area contributed by atoms with E-state index in [1.165, 1.54) is 11.5 Å². The van der Waals surface area contributed by atoms with E-state index < -0.39 is 12.0 Å². The minimum Gasteiger partial charge on any atom is -0.390 e. The van der Waals surface area contributed by atoms with Gasteiger partial charge in [0.2, 0.25) is 0 Å². The fraction of sp³-hybridized carbons (Fsp3) is 0.846.